The Morgan fingerprint density at radius 3 is 2.20 bits per heavy atom. The summed E-state index contributed by atoms with van der Waals surface area (Å²) in [5.41, 5.74) is 3.24. The number of hydrogen-bond acceptors (Lipinski definition) is 2. The molecule has 0 saturated carbocycles. The Morgan fingerprint density at radius 2 is 1.50 bits per heavy atom. The van der Waals surface area contributed by atoms with Gasteiger partial charge in [0, 0.05) is 11.8 Å². The molecule has 1 heterocycles. The van der Waals surface area contributed by atoms with Crippen LogP contribution in [0.4, 0.5) is 0 Å². The molecule has 0 bridgehead atoms. The first-order valence-electron chi connectivity index (χ1n) is 6.60. The van der Waals surface area contributed by atoms with Crippen LogP contribution in [0.1, 0.15) is 5.56 Å². The number of benzene rings is 2. The molecule has 0 spiro atoms. The average Bonchev–Trinajstić information content (AvgIpc) is 2.55. The number of pyridine rings is 1. The van der Waals surface area contributed by atoms with Gasteiger partial charge in [0.1, 0.15) is 12.4 Å². The van der Waals surface area contributed by atoms with Gasteiger partial charge in [0.05, 0.1) is 5.69 Å². The fraction of sp³-hybridized carbons (Fsp3) is 0.0556. The van der Waals surface area contributed by atoms with E-state index in [1.165, 1.54) is 5.56 Å². The first-order chi connectivity index (χ1) is 9.92. The Kier molecular flexibility index (Phi) is 3.74. The highest BCUT2D eigenvalue weighted by Gasteiger charge is 1.99. The molecule has 0 saturated heterocycles. The molecule has 0 aliphatic rings. The van der Waals surface area contributed by atoms with E-state index in [2.05, 4.69) is 17.1 Å². The summed E-state index contributed by atoms with van der Waals surface area (Å²) < 4.78 is 5.76. The molecule has 0 atom stereocenters. The summed E-state index contributed by atoms with van der Waals surface area (Å²) in [5, 5.41) is 0. The second kappa shape index (κ2) is 6.02. The summed E-state index contributed by atoms with van der Waals surface area (Å²) in [7, 11) is 0. The van der Waals surface area contributed by atoms with Crippen LogP contribution in [0.3, 0.4) is 0 Å². The van der Waals surface area contributed by atoms with Crippen molar-refractivity contribution < 1.29 is 4.74 Å². The highest BCUT2D eigenvalue weighted by Crippen LogP contribution is 2.20. The van der Waals surface area contributed by atoms with Gasteiger partial charge in [-0.15, -0.1) is 0 Å². The molecular formula is C18H15NO. The van der Waals surface area contributed by atoms with Gasteiger partial charge in [-0.25, -0.2) is 0 Å². The van der Waals surface area contributed by atoms with Crippen LogP contribution in [-0.4, -0.2) is 4.98 Å². The summed E-state index contributed by atoms with van der Waals surface area (Å²) in [5.74, 6) is 0.869. The molecule has 1 aromatic heterocycles. The largest absolute Gasteiger partial charge is 0.489 e. The topological polar surface area (TPSA) is 22.1 Å². The van der Waals surface area contributed by atoms with Gasteiger partial charge >= 0.3 is 0 Å². The summed E-state index contributed by atoms with van der Waals surface area (Å²) in [6.07, 6.45) is 1.80. The highest BCUT2D eigenvalue weighted by atomic mass is 16.5. The van der Waals surface area contributed by atoms with Gasteiger partial charge in [0.25, 0.3) is 0 Å². The lowest BCUT2D eigenvalue weighted by Crippen LogP contribution is -1.94. The number of nitrogens with zero attached hydrogens (tertiary/aromatic N) is 1. The van der Waals surface area contributed by atoms with Crippen LogP contribution >= 0.6 is 0 Å². The van der Waals surface area contributed by atoms with Gasteiger partial charge in [0.2, 0.25) is 0 Å². The molecule has 2 nitrogen and oxygen atoms in total. The minimum Gasteiger partial charge on any atom is -0.489 e. The molecule has 0 N–H and O–H groups in total. The van der Waals surface area contributed by atoms with Crippen molar-refractivity contribution in [2.24, 2.45) is 0 Å². The van der Waals surface area contributed by atoms with E-state index in [0.29, 0.717) is 6.61 Å². The van der Waals surface area contributed by atoms with E-state index < -0.39 is 0 Å². The monoisotopic (exact) mass is 261 g/mol. The second-order valence-electron chi connectivity index (χ2n) is 4.51. The highest BCUT2D eigenvalue weighted by molar-refractivity contribution is 5.59. The maximum Gasteiger partial charge on any atom is 0.119 e. The van der Waals surface area contributed by atoms with Crippen molar-refractivity contribution in [1.29, 1.82) is 0 Å². The Balaban J connectivity index is 1.68. The molecule has 0 radical (unpaired) electrons. The van der Waals surface area contributed by atoms with E-state index in [4.69, 9.17) is 4.74 Å². The number of rotatable bonds is 4. The van der Waals surface area contributed by atoms with E-state index in [-0.39, 0.29) is 0 Å². The van der Waals surface area contributed by atoms with Crippen molar-refractivity contribution in [1.82, 2.24) is 4.98 Å². The lowest BCUT2D eigenvalue weighted by molar-refractivity contribution is 0.306. The van der Waals surface area contributed by atoms with Crippen LogP contribution in [0.5, 0.6) is 5.75 Å². The third-order valence-electron chi connectivity index (χ3n) is 3.06. The minimum atomic E-state index is 0.587. The Morgan fingerprint density at radius 1 is 0.750 bits per heavy atom. The van der Waals surface area contributed by atoms with Gasteiger partial charge in [-0.3, -0.25) is 4.98 Å². The maximum atomic E-state index is 5.76. The van der Waals surface area contributed by atoms with Crippen molar-refractivity contribution in [3.63, 3.8) is 0 Å². The SMILES string of the molecule is c1ccc(COc2ccc(-c3ccccn3)cc2)cc1. The molecule has 98 valence electrons. The minimum absolute atomic E-state index is 0.587. The third-order valence-corrected chi connectivity index (χ3v) is 3.06. The zero-order chi connectivity index (χ0) is 13.6. The zero-order valence-corrected chi connectivity index (χ0v) is 11.1. The van der Waals surface area contributed by atoms with Crippen molar-refractivity contribution in [2.45, 2.75) is 6.61 Å². The first-order valence-corrected chi connectivity index (χ1v) is 6.60. The fourth-order valence-corrected chi connectivity index (χ4v) is 2.00. The summed E-state index contributed by atoms with van der Waals surface area (Å²) in [6.45, 7) is 0.587. The molecule has 0 aliphatic heterocycles. The molecule has 2 heteroatoms. The van der Waals surface area contributed by atoms with Gasteiger partial charge in [-0.2, -0.15) is 0 Å². The lowest BCUT2D eigenvalue weighted by atomic mass is 10.1. The van der Waals surface area contributed by atoms with Crippen molar-refractivity contribution in [2.75, 3.05) is 0 Å². The van der Waals surface area contributed by atoms with E-state index in [1.807, 2.05) is 60.7 Å². The van der Waals surface area contributed by atoms with Crippen LogP contribution < -0.4 is 4.74 Å². The van der Waals surface area contributed by atoms with Crippen LogP contribution in [0.15, 0.2) is 79.0 Å². The van der Waals surface area contributed by atoms with Crippen LogP contribution in [0, 0.1) is 0 Å². The molecule has 0 unspecified atom stereocenters. The molecule has 0 aliphatic carbocycles. The smallest absolute Gasteiger partial charge is 0.119 e. The van der Waals surface area contributed by atoms with Crippen molar-refractivity contribution in [3.05, 3.63) is 84.6 Å². The zero-order valence-electron chi connectivity index (χ0n) is 11.1. The molecular weight excluding hydrogens is 246 g/mol. The predicted octanol–water partition coefficient (Wildman–Crippen LogP) is 4.33. The Labute approximate surface area is 118 Å². The summed E-state index contributed by atoms with van der Waals surface area (Å²) in [4.78, 5) is 4.33. The van der Waals surface area contributed by atoms with Crippen LogP contribution in [-0.2, 0) is 6.61 Å². The van der Waals surface area contributed by atoms with Gasteiger partial charge in [-0.1, -0.05) is 36.4 Å². The number of ether oxygens (including phenoxy) is 1. The molecule has 3 aromatic rings. The Bertz CT molecular complexity index is 648. The molecule has 20 heavy (non-hydrogen) atoms. The van der Waals surface area contributed by atoms with E-state index in [0.717, 1.165) is 17.0 Å². The molecule has 2 aromatic carbocycles. The number of aromatic nitrogens is 1. The van der Waals surface area contributed by atoms with Crippen LogP contribution in [0.2, 0.25) is 0 Å². The predicted molar refractivity (Wildman–Crippen MR) is 80.4 cm³/mol. The molecule has 0 fully saturated rings. The maximum absolute atomic E-state index is 5.76. The standard InChI is InChI=1S/C18H15NO/c1-2-6-15(7-3-1)14-20-17-11-9-16(10-12-17)18-8-4-5-13-19-18/h1-13H,14H2. The summed E-state index contributed by atoms with van der Waals surface area (Å²) in [6, 6.07) is 24.1. The molecule has 0 amide bonds. The van der Waals surface area contributed by atoms with Crippen LogP contribution in [0.25, 0.3) is 11.3 Å². The summed E-state index contributed by atoms with van der Waals surface area (Å²) >= 11 is 0. The van der Waals surface area contributed by atoms with E-state index in [1.54, 1.807) is 6.20 Å². The first kappa shape index (κ1) is 12.4. The normalized spacial score (nSPS) is 10.2. The molecule has 3 rings (SSSR count). The average molecular weight is 261 g/mol. The van der Waals surface area contributed by atoms with E-state index >= 15 is 0 Å². The second-order valence-corrected chi connectivity index (χ2v) is 4.51. The van der Waals surface area contributed by atoms with E-state index in [9.17, 15) is 0 Å². The van der Waals surface area contributed by atoms with Crippen molar-refractivity contribution >= 4 is 0 Å². The Hall–Kier alpha value is -2.61. The van der Waals surface area contributed by atoms with Gasteiger partial charge in [-0.05, 0) is 42.0 Å². The van der Waals surface area contributed by atoms with Gasteiger partial charge in [0.15, 0.2) is 0 Å². The third kappa shape index (κ3) is 3.04. The number of hydrogen-bond donors (Lipinski definition) is 0. The quantitative estimate of drug-likeness (QED) is 0.697. The lowest BCUT2D eigenvalue weighted by Gasteiger charge is -2.07. The van der Waals surface area contributed by atoms with Gasteiger partial charge < -0.3 is 4.74 Å². The fourth-order valence-electron chi connectivity index (χ4n) is 2.00. The van der Waals surface area contributed by atoms with Crippen molar-refractivity contribution in [3.8, 4) is 17.0 Å².